The fourth-order valence-electron chi connectivity index (χ4n) is 7.26. The third-order valence-corrected chi connectivity index (χ3v) is 20.9. The van der Waals surface area contributed by atoms with E-state index in [1.54, 1.807) is 0 Å². The molecule has 8 nitrogen and oxygen atoms in total. The van der Waals surface area contributed by atoms with E-state index in [2.05, 4.69) is 88.1 Å². The maximum absolute atomic E-state index is 12.9. The van der Waals surface area contributed by atoms with Crippen LogP contribution in [0.25, 0.3) is 0 Å². The molecule has 0 aromatic carbocycles. The molecule has 10 heteroatoms. The third kappa shape index (κ3) is 5.94. The van der Waals surface area contributed by atoms with Crippen molar-refractivity contribution in [2.45, 2.75) is 141 Å². The average molecular weight is 557 g/mol. The standard InChI is InChI=1S/C27H52N2O6Si2/c1-16(2)36(17(3)4,18(5)6)34-24-22(15-30)33-26(29-14-13-23(31)28-27(29)32)25(24)35-37(19(7)8,20(9)10)21(11)12/h13-14,16-22,24-26,30H,15H2,1-12H3,(H,28,31,32)/t22-,24-,25-,26-/m1/s1. The molecule has 0 aliphatic carbocycles. The van der Waals surface area contributed by atoms with E-state index < -0.39 is 52.4 Å². The summed E-state index contributed by atoms with van der Waals surface area (Å²) in [6, 6.07) is 1.32. The summed E-state index contributed by atoms with van der Waals surface area (Å²) in [5.74, 6) is 0. The summed E-state index contributed by atoms with van der Waals surface area (Å²) in [7, 11) is -4.85. The topological polar surface area (TPSA) is 103 Å². The number of nitrogens with zero attached hydrogens (tertiary/aromatic N) is 1. The minimum atomic E-state index is -2.45. The lowest BCUT2D eigenvalue weighted by molar-refractivity contribution is -0.0534. The molecule has 2 heterocycles. The van der Waals surface area contributed by atoms with Gasteiger partial charge in [-0.15, -0.1) is 0 Å². The maximum Gasteiger partial charge on any atom is 0.330 e. The number of aliphatic hydroxyl groups excluding tert-OH is 1. The summed E-state index contributed by atoms with van der Waals surface area (Å²) >= 11 is 0. The molecular formula is C27H52N2O6Si2. The van der Waals surface area contributed by atoms with Crippen molar-refractivity contribution in [3.8, 4) is 0 Å². The largest absolute Gasteiger partial charge is 0.408 e. The third-order valence-electron chi connectivity index (χ3n) is 8.69. The minimum absolute atomic E-state index is 0.252. The smallest absolute Gasteiger partial charge is 0.330 e. The molecular weight excluding hydrogens is 504 g/mol. The molecule has 1 aliphatic heterocycles. The first-order valence-corrected chi connectivity index (χ1v) is 18.3. The van der Waals surface area contributed by atoms with Gasteiger partial charge in [-0.3, -0.25) is 14.3 Å². The minimum Gasteiger partial charge on any atom is -0.408 e. The molecule has 1 aromatic heterocycles. The molecule has 1 aliphatic rings. The molecule has 0 bridgehead atoms. The van der Waals surface area contributed by atoms with Crippen LogP contribution < -0.4 is 11.2 Å². The molecule has 214 valence electrons. The molecule has 37 heavy (non-hydrogen) atoms. The van der Waals surface area contributed by atoms with E-state index in [0.717, 1.165) is 0 Å². The van der Waals surface area contributed by atoms with Crippen LogP contribution in [-0.2, 0) is 13.6 Å². The van der Waals surface area contributed by atoms with Crippen LogP contribution in [-0.4, -0.2) is 56.2 Å². The summed E-state index contributed by atoms with van der Waals surface area (Å²) in [5, 5.41) is 10.5. The number of H-pyrrole nitrogens is 1. The van der Waals surface area contributed by atoms with Crippen molar-refractivity contribution in [2.24, 2.45) is 0 Å². The molecule has 0 amide bonds. The van der Waals surface area contributed by atoms with E-state index in [0.29, 0.717) is 33.2 Å². The molecule has 0 radical (unpaired) electrons. The van der Waals surface area contributed by atoms with Crippen molar-refractivity contribution >= 4 is 16.6 Å². The summed E-state index contributed by atoms with van der Waals surface area (Å²) in [6.45, 7) is 26.4. The molecule has 0 unspecified atom stereocenters. The first-order valence-electron chi connectivity index (χ1n) is 14.0. The van der Waals surface area contributed by atoms with E-state index in [4.69, 9.17) is 13.6 Å². The Morgan fingerprint density at radius 2 is 1.22 bits per heavy atom. The zero-order valence-electron chi connectivity index (χ0n) is 25.1. The highest BCUT2D eigenvalue weighted by Gasteiger charge is 2.57. The molecule has 1 fully saturated rings. The van der Waals surface area contributed by atoms with Crippen molar-refractivity contribution < 1.29 is 18.7 Å². The number of ether oxygens (including phenoxy) is 1. The summed E-state index contributed by atoms with van der Waals surface area (Å²) in [4.78, 5) is 27.1. The van der Waals surface area contributed by atoms with Gasteiger partial charge in [-0.05, 0) is 33.2 Å². The van der Waals surface area contributed by atoms with Crippen molar-refractivity contribution in [1.82, 2.24) is 9.55 Å². The van der Waals surface area contributed by atoms with Crippen LogP contribution >= 0.6 is 0 Å². The number of aromatic nitrogens is 2. The van der Waals surface area contributed by atoms with Gasteiger partial charge in [0.2, 0.25) is 16.6 Å². The Kier molecular flexibility index (Phi) is 10.8. The van der Waals surface area contributed by atoms with Crippen LogP contribution in [0.15, 0.2) is 21.9 Å². The Labute approximate surface area is 225 Å². The van der Waals surface area contributed by atoms with Crippen LogP contribution in [0.2, 0.25) is 33.2 Å². The zero-order valence-corrected chi connectivity index (χ0v) is 27.1. The number of hydrogen-bond donors (Lipinski definition) is 2. The van der Waals surface area contributed by atoms with Crippen molar-refractivity contribution in [2.75, 3.05) is 6.61 Å². The van der Waals surface area contributed by atoms with Gasteiger partial charge in [0, 0.05) is 12.3 Å². The second-order valence-corrected chi connectivity index (χ2v) is 23.4. The average Bonchev–Trinajstić information content (AvgIpc) is 3.10. The van der Waals surface area contributed by atoms with Gasteiger partial charge in [0.05, 0.1) is 6.61 Å². The van der Waals surface area contributed by atoms with E-state index >= 15 is 0 Å². The highest BCUT2D eigenvalue weighted by Crippen LogP contribution is 2.49. The molecule has 1 saturated heterocycles. The fourth-order valence-corrected chi connectivity index (χ4v) is 18.4. The normalized spacial score (nSPS) is 23.5. The highest BCUT2D eigenvalue weighted by atomic mass is 28.4. The summed E-state index contributed by atoms with van der Waals surface area (Å²) in [6.07, 6.45) is -1.18. The van der Waals surface area contributed by atoms with Gasteiger partial charge >= 0.3 is 5.69 Å². The number of rotatable bonds is 12. The van der Waals surface area contributed by atoms with Crippen molar-refractivity contribution in [1.29, 1.82) is 0 Å². The summed E-state index contributed by atoms with van der Waals surface area (Å²) in [5.41, 5.74) is 0.849. The Bertz CT molecular complexity index is 944. The number of hydrogen-bond acceptors (Lipinski definition) is 6. The van der Waals surface area contributed by atoms with Gasteiger partial charge < -0.3 is 18.7 Å². The van der Waals surface area contributed by atoms with Gasteiger partial charge in [-0.25, -0.2) is 4.79 Å². The highest BCUT2D eigenvalue weighted by molar-refractivity contribution is 6.78. The Hall–Kier alpha value is -1.05. The molecule has 4 atom stereocenters. The monoisotopic (exact) mass is 556 g/mol. The van der Waals surface area contributed by atoms with E-state index in [1.165, 1.54) is 16.8 Å². The quantitative estimate of drug-likeness (QED) is 0.327. The number of aliphatic hydroxyl groups is 1. The first-order chi connectivity index (χ1) is 17.1. The fraction of sp³-hybridized carbons (Fsp3) is 0.852. The van der Waals surface area contributed by atoms with Gasteiger partial charge in [0.1, 0.15) is 18.3 Å². The predicted octanol–water partition coefficient (Wildman–Crippen LogP) is 5.55. The molecule has 0 spiro atoms. The second-order valence-electron chi connectivity index (χ2n) is 12.6. The van der Waals surface area contributed by atoms with Gasteiger partial charge in [0.15, 0.2) is 6.23 Å². The molecule has 2 rings (SSSR count). The molecule has 0 saturated carbocycles. The SMILES string of the molecule is CC(C)[Si](O[C@@H]1[C@H](O[Si](C(C)C)(C(C)C)C(C)C)[C@@H](CO)O[C@H]1n1ccc(=O)[nH]c1=O)(C(C)C)C(C)C. The molecule has 2 N–H and O–H groups in total. The van der Waals surface area contributed by atoms with Gasteiger partial charge in [-0.2, -0.15) is 0 Å². The van der Waals surface area contributed by atoms with Crippen LogP contribution in [0.1, 0.15) is 89.3 Å². The lowest BCUT2D eigenvalue weighted by Gasteiger charge is -2.48. The second kappa shape index (κ2) is 12.4. The molecule has 1 aromatic rings. The van der Waals surface area contributed by atoms with Crippen LogP contribution in [0, 0.1) is 0 Å². The van der Waals surface area contributed by atoms with Crippen molar-refractivity contribution in [3.63, 3.8) is 0 Å². The predicted molar refractivity (Wildman–Crippen MR) is 154 cm³/mol. The maximum atomic E-state index is 12.9. The van der Waals surface area contributed by atoms with Gasteiger partial charge in [-0.1, -0.05) is 83.1 Å². The van der Waals surface area contributed by atoms with E-state index in [9.17, 15) is 14.7 Å². The van der Waals surface area contributed by atoms with Crippen molar-refractivity contribution in [3.05, 3.63) is 33.1 Å². The summed E-state index contributed by atoms with van der Waals surface area (Å²) < 4.78 is 22.4. The lowest BCUT2D eigenvalue weighted by atomic mass is 10.1. The van der Waals surface area contributed by atoms with E-state index in [-0.39, 0.29) is 6.61 Å². The Morgan fingerprint density at radius 1 is 0.811 bits per heavy atom. The van der Waals surface area contributed by atoms with Crippen LogP contribution in [0.4, 0.5) is 0 Å². The van der Waals surface area contributed by atoms with Crippen LogP contribution in [0.3, 0.4) is 0 Å². The Balaban J connectivity index is 2.78. The van der Waals surface area contributed by atoms with Crippen LogP contribution in [0.5, 0.6) is 0 Å². The zero-order chi connectivity index (χ0) is 28.5. The first kappa shape index (κ1) is 32.2. The Morgan fingerprint density at radius 3 is 1.57 bits per heavy atom. The van der Waals surface area contributed by atoms with Gasteiger partial charge in [0.25, 0.3) is 5.56 Å². The lowest BCUT2D eigenvalue weighted by Crippen LogP contribution is -2.58. The van der Waals surface area contributed by atoms with E-state index in [1.807, 2.05) is 0 Å². The number of aromatic amines is 1. The number of nitrogens with one attached hydrogen (secondary N) is 1.